The minimum Gasteiger partial charge on any atom is -0.357 e. The first-order valence-corrected chi connectivity index (χ1v) is 8.19. The average Bonchev–Trinajstić information content (AvgIpc) is 3.22. The summed E-state index contributed by atoms with van der Waals surface area (Å²) in [6, 6.07) is 13.9. The van der Waals surface area contributed by atoms with Crippen LogP contribution in [0.1, 0.15) is 27.7 Å². The number of aromatic nitrogens is 4. The second kappa shape index (κ2) is 6.31. The standard InChI is InChI=1S/C18H19N5O/c24-18(15-7-4-9-19-15)22-10-8-17-20-16(21-23(17)12-11-22)13-14-5-2-1-3-6-14/h1-7,9,19H,8,10-13H2. The number of fused-ring (bicyclic) bond motifs is 1. The lowest BCUT2D eigenvalue weighted by atomic mass is 10.1. The van der Waals surface area contributed by atoms with Crippen molar-refractivity contribution in [1.82, 2.24) is 24.6 Å². The molecule has 3 heterocycles. The fourth-order valence-corrected chi connectivity index (χ4v) is 3.04. The minimum atomic E-state index is 0.0373. The van der Waals surface area contributed by atoms with Gasteiger partial charge in [-0.15, -0.1) is 0 Å². The monoisotopic (exact) mass is 321 g/mol. The zero-order valence-electron chi connectivity index (χ0n) is 13.4. The van der Waals surface area contributed by atoms with Gasteiger partial charge in [-0.25, -0.2) is 9.67 Å². The van der Waals surface area contributed by atoms with Gasteiger partial charge >= 0.3 is 0 Å². The summed E-state index contributed by atoms with van der Waals surface area (Å²) >= 11 is 0. The van der Waals surface area contributed by atoms with Crippen molar-refractivity contribution >= 4 is 5.91 Å². The minimum absolute atomic E-state index is 0.0373. The molecule has 0 bridgehead atoms. The van der Waals surface area contributed by atoms with Crippen LogP contribution < -0.4 is 0 Å². The maximum absolute atomic E-state index is 12.4. The van der Waals surface area contributed by atoms with Crippen molar-refractivity contribution in [3.05, 3.63) is 71.6 Å². The molecule has 1 aromatic carbocycles. The first-order chi connectivity index (χ1) is 11.8. The number of nitrogens with zero attached hydrogens (tertiary/aromatic N) is 4. The van der Waals surface area contributed by atoms with Crippen LogP contribution in [-0.4, -0.2) is 43.6 Å². The lowest BCUT2D eigenvalue weighted by Crippen LogP contribution is -2.34. The van der Waals surface area contributed by atoms with Gasteiger partial charge in [0.15, 0.2) is 5.82 Å². The number of H-pyrrole nitrogens is 1. The molecule has 4 rings (SSSR count). The van der Waals surface area contributed by atoms with Gasteiger partial charge in [-0.3, -0.25) is 4.79 Å². The number of carbonyl (C=O) groups excluding carboxylic acids is 1. The number of hydrogen-bond donors (Lipinski definition) is 1. The van der Waals surface area contributed by atoms with E-state index in [4.69, 9.17) is 0 Å². The number of nitrogens with one attached hydrogen (secondary N) is 1. The van der Waals surface area contributed by atoms with Crippen molar-refractivity contribution in [2.45, 2.75) is 19.4 Å². The predicted molar refractivity (Wildman–Crippen MR) is 89.7 cm³/mol. The van der Waals surface area contributed by atoms with Crippen molar-refractivity contribution in [1.29, 1.82) is 0 Å². The largest absolute Gasteiger partial charge is 0.357 e. The van der Waals surface area contributed by atoms with Crippen LogP contribution in [0.2, 0.25) is 0 Å². The highest BCUT2D eigenvalue weighted by Gasteiger charge is 2.22. The molecule has 0 atom stereocenters. The molecule has 1 amide bonds. The molecule has 3 aromatic rings. The average molecular weight is 321 g/mol. The first-order valence-electron chi connectivity index (χ1n) is 8.19. The van der Waals surface area contributed by atoms with Crippen LogP contribution in [0, 0.1) is 0 Å². The molecule has 1 aliphatic heterocycles. The number of carbonyl (C=O) groups is 1. The third-order valence-corrected chi connectivity index (χ3v) is 4.30. The number of benzene rings is 1. The van der Waals surface area contributed by atoms with E-state index < -0.39 is 0 Å². The van der Waals surface area contributed by atoms with Gasteiger partial charge in [0.1, 0.15) is 11.5 Å². The number of amides is 1. The normalized spacial score (nSPS) is 14.2. The van der Waals surface area contributed by atoms with Crippen LogP contribution in [0.25, 0.3) is 0 Å². The Hall–Kier alpha value is -2.89. The SMILES string of the molecule is O=C(c1ccc[nH]1)N1CCc2nc(Cc3ccccc3)nn2CC1. The Morgan fingerprint density at radius 1 is 1.08 bits per heavy atom. The van der Waals surface area contributed by atoms with Crippen LogP contribution in [0.15, 0.2) is 48.7 Å². The molecule has 6 heteroatoms. The molecule has 122 valence electrons. The van der Waals surface area contributed by atoms with Crippen molar-refractivity contribution in [3.63, 3.8) is 0 Å². The van der Waals surface area contributed by atoms with Gasteiger partial charge in [-0.05, 0) is 17.7 Å². The summed E-state index contributed by atoms with van der Waals surface area (Å²) in [7, 11) is 0. The van der Waals surface area contributed by atoms with E-state index in [1.165, 1.54) is 5.56 Å². The van der Waals surface area contributed by atoms with E-state index in [1.807, 2.05) is 39.9 Å². The molecule has 2 aromatic heterocycles. The van der Waals surface area contributed by atoms with Crippen LogP contribution >= 0.6 is 0 Å². The first kappa shape index (κ1) is 14.7. The topological polar surface area (TPSA) is 66.8 Å². The zero-order chi connectivity index (χ0) is 16.4. The maximum atomic E-state index is 12.4. The van der Waals surface area contributed by atoms with E-state index >= 15 is 0 Å². The zero-order valence-corrected chi connectivity index (χ0v) is 13.4. The van der Waals surface area contributed by atoms with Crippen LogP contribution in [0.3, 0.4) is 0 Å². The molecule has 0 spiro atoms. The predicted octanol–water partition coefficient (Wildman–Crippen LogP) is 1.90. The molecular formula is C18H19N5O. The van der Waals surface area contributed by atoms with E-state index in [1.54, 1.807) is 6.20 Å². The fourth-order valence-electron chi connectivity index (χ4n) is 3.04. The number of aromatic amines is 1. The van der Waals surface area contributed by atoms with Crippen LogP contribution in [0.5, 0.6) is 0 Å². The smallest absolute Gasteiger partial charge is 0.270 e. The van der Waals surface area contributed by atoms with Gasteiger partial charge in [0.2, 0.25) is 0 Å². The molecule has 0 saturated carbocycles. The van der Waals surface area contributed by atoms with Crippen molar-refractivity contribution < 1.29 is 4.79 Å². The Morgan fingerprint density at radius 2 is 1.96 bits per heavy atom. The molecule has 0 aliphatic carbocycles. The third-order valence-electron chi connectivity index (χ3n) is 4.30. The van der Waals surface area contributed by atoms with Crippen molar-refractivity contribution in [3.8, 4) is 0 Å². The van der Waals surface area contributed by atoms with Gasteiger partial charge < -0.3 is 9.88 Å². The molecule has 0 saturated heterocycles. The van der Waals surface area contributed by atoms with Gasteiger partial charge in [0.05, 0.1) is 6.54 Å². The molecule has 1 aliphatic rings. The highest BCUT2D eigenvalue weighted by molar-refractivity contribution is 5.92. The van der Waals surface area contributed by atoms with Gasteiger partial charge in [0.25, 0.3) is 5.91 Å². The van der Waals surface area contributed by atoms with Crippen molar-refractivity contribution in [2.24, 2.45) is 0 Å². The van der Waals surface area contributed by atoms with Crippen LogP contribution in [-0.2, 0) is 19.4 Å². The Bertz CT molecular complexity index is 797. The Labute approximate surface area is 140 Å². The molecular weight excluding hydrogens is 302 g/mol. The van der Waals surface area contributed by atoms with Gasteiger partial charge in [0, 0.05) is 32.1 Å². The Kier molecular flexibility index (Phi) is 3.86. The second-order valence-electron chi connectivity index (χ2n) is 5.96. The second-order valence-corrected chi connectivity index (χ2v) is 5.96. The summed E-state index contributed by atoms with van der Waals surface area (Å²) in [5.41, 5.74) is 1.84. The fraction of sp³-hybridized carbons (Fsp3) is 0.278. The molecule has 6 nitrogen and oxygen atoms in total. The summed E-state index contributed by atoms with van der Waals surface area (Å²) in [5.74, 6) is 1.85. The molecule has 1 N–H and O–H groups in total. The molecule has 24 heavy (non-hydrogen) atoms. The van der Waals surface area contributed by atoms with E-state index in [-0.39, 0.29) is 5.91 Å². The van der Waals surface area contributed by atoms with E-state index in [0.29, 0.717) is 25.3 Å². The summed E-state index contributed by atoms with van der Waals surface area (Å²) in [6.45, 7) is 2.00. The van der Waals surface area contributed by atoms with E-state index in [9.17, 15) is 4.79 Å². The Balaban J connectivity index is 1.45. The van der Waals surface area contributed by atoms with E-state index in [0.717, 1.165) is 24.5 Å². The van der Waals surface area contributed by atoms with E-state index in [2.05, 4.69) is 27.2 Å². The van der Waals surface area contributed by atoms with Crippen LogP contribution in [0.4, 0.5) is 0 Å². The summed E-state index contributed by atoms with van der Waals surface area (Å²) in [6.07, 6.45) is 3.24. The Morgan fingerprint density at radius 3 is 2.75 bits per heavy atom. The quantitative estimate of drug-likeness (QED) is 0.801. The highest BCUT2D eigenvalue weighted by atomic mass is 16.2. The van der Waals surface area contributed by atoms with Gasteiger partial charge in [-0.1, -0.05) is 30.3 Å². The number of rotatable bonds is 3. The maximum Gasteiger partial charge on any atom is 0.270 e. The summed E-state index contributed by atoms with van der Waals surface area (Å²) in [5, 5.41) is 4.62. The molecule has 0 unspecified atom stereocenters. The third kappa shape index (κ3) is 2.95. The molecule has 0 radical (unpaired) electrons. The highest BCUT2D eigenvalue weighted by Crippen LogP contribution is 2.12. The lowest BCUT2D eigenvalue weighted by Gasteiger charge is -2.18. The van der Waals surface area contributed by atoms with Crippen molar-refractivity contribution in [2.75, 3.05) is 13.1 Å². The van der Waals surface area contributed by atoms with Gasteiger partial charge in [-0.2, -0.15) is 5.10 Å². The summed E-state index contributed by atoms with van der Waals surface area (Å²) < 4.78 is 1.94. The number of hydrogen-bond acceptors (Lipinski definition) is 3. The lowest BCUT2D eigenvalue weighted by molar-refractivity contribution is 0.0753. The molecule has 0 fully saturated rings. The summed E-state index contributed by atoms with van der Waals surface area (Å²) in [4.78, 5) is 21.9.